The normalized spacial score (nSPS) is 11.8. The van der Waals surface area contributed by atoms with Gasteiger partial charge in [0.25, 0.3) is 5.91 Å². The van der Waals surface area contributed by atoms with E-state index in [1.165, 1.54) is 29.5 Å². The minimum absolute atomic E-state index is 0.00247. The number of fused-ring (bicyclic) bond motifs is 1. The van der Waals surface area contributed by atoms with Crippen LogP contribution >= 0.6 is 11.3 Å². The molecule has 8 heteroatoms. The highest BCUT2D eigenvalue weighted by Gasteiger charge is 2.20. The lowest BCUT2D eigenvalue weighted by atomic mass is 10.2. The third-order valence-electron chi connectivity index (χ3n) is 3.71. The number of benzene rings is 1. The van der Waals surface area contributed by atoms with Crippen LogP contribution in [0.3, 0.4) is 0 Å². The molecule has 1 amide bonds. The molecule has 0 radical (unpaired) electrons. The molecular formula is C16H15FN2O3S2. The first kappa shape index (κ1) is 16.7. The lowest BCUT2D eigenvalue weighted by Crippen LogP contribution is -2.34. The Morgan fingerprint density at radius 1 is 1.29 bits per heavy atom. The van der Waals surface area contributed by atoms with Crippen LogP contribution in [-0.4, -0.2) is 24.6 Å². The van der Waals surface area contributed by atoms with Gasteiger partial charge in [-0.15, -0.1) is 11.3 Å². The van der Waals surface area contributed by atoms with Gasteiger partial charge in [0.05, 0.1) is 5.75 Å². The summed E-state index contributed by atoms with van der Waals surface area (Å²) in [5, 5.41) is 2.79. The zero-order valence-electron chi connectivity index (χ0n) is 12.8. The van der Waals surface area contributed by atoms with Crippen molar-refractivity contribution in [2.75, 3.05) is 5.75 Å². The molecule has 0 aliphatic heterocycles. The van der Waals surface area contributed by atoms with Gasteiger partial charge in [-0.05, 0) is 35.6 Å². The van der Waals surface area contributed by atoms with Crippen molar-refractivity contribution in [3.05, 3.63) is 58.9 Å². The number of nitrogens with one attached hydrogen (secondary N) is 1. The quantitative estimate of drug-likeness (QED) is 0.755. The number of hydrogen-bond acceptors (Lipinski definition) is 4. The number of thiophene rings is 1. The molecular weight excluding hydrogens is 351 g/mol. The molecule has 0 fully saturated rings. The van der Waals surface area contributed by atoms with E-state index >= 15 is 0 Å². The number of carbonyl (C=O) groups excluding carboxylic acids is 1. The average molecular weight is 366 g/mol. The van der Waals surface area contributed by atoms with Crippen LogP contribution in [0.15, 0.2) is 41.8 Å². The highest BCUT2D eigenvalue weighted by Crippen LogP contribution is 2.24. The van der Waals surface area contributed by atoms with Crippen molar-refractivity contribution in [3.8, 4) is 0 Å². The smallest absolute Gasteiger partial charge is 0.281 e. The molecule has 0 saturated carbocycles. The third kappa shape index (κ3) is 3.34. The summed E-state index contributed by atoms with van der Waals surface area (Å²) >= 11 is 1.47. The fourth-order valence-corrected chi connectivity index (χ4v) is 4.30. The third-order valence-corrected chi connectivity index (χ3v) is 5.95. The van der Waals surface area contributed by atoms with Gasteiger partial charge in [0.2, 0.25) is 10.0 Å². The number of sulfonamides is 1. The van der Waals surface area contributed by atoms with Crippen LogP contribution in [0, 0.1) is 5.82 Å². The standard InChI is InChI=1S/C16H15FN2O3S2/c1-19-14(10-12-6-8-23-16(12)19)15(20)18-24(21,22)9-7-11-4-2-3-5-13(11)17/h2-6,8,10H,7,9H2,1H3,(H,18,20). The molecule has 3 aromatic rings. The summed E-state index contributed by atoms with van der Waals surface area (Å²) in [6, 6.07) is 9.49. The predicted molar refractivity (Wildman–Crippen MR) is 92.2 cm³/mol. The van der Waals surface area contributed by atoms with Crippen molar-refractivity contribution in [2.45, 2.75) is 6.42 Å². The Morgan fingerprint density at radius 3 is 2.75 bits per heavy atom. The Kier molecular flexibility index (Phi) is 4.42. The topological polar surface area (TPSA) is 68.2 Å². The molecule has 2 aromatic heterocycles. The van der Waals surface area contributed by atoms with Crippen LogP contribution in [0.2, 0.25) is 0 Å². The summed E-state index contributed by atoms with van der Waals surface area (Å²) in [5.74, 6) is -1.51. The van der Waals surface area contributed by atoms with Crippen LogP contribution in [-0.2, 0) is 23.5 Å². The van der Waals surface area contributed by atoms with Crippen LogP contribution in [0.5, 0.6) is 0 Å². The van der Waals surface area contributed by atoms with Crippen molar-refractivity contribution >= 4 is 37.5 Å². The van der Waals surface area contributed by atoms with Crippen molar-refractivity contribution in [3.63, 3.8) is 0 Å². The fourth-order valence-electron chi connectivity index (χ4n) is 2.46. The van der Waals surface area contributed by atoms with E-state index in [-0.39, 0.29) is 17.9 Å². The van der Waals surface area contributed by atoms with E-state index in [0.29, 0.717) is 5.56 Å². The van der Waals surface area contributed by atoms with Crippen LogP contribution in [0.4, 0.5) is 4.39 Å². The number of rotatable bonds is 5. The van der Waals surface area contributed by atoms with E-state index < -0.39 is 21.7 Å². The highest BCUT2D eigenvalue weighted by atomic mass is 32.2. The maximum atomic E-state index is 13.5. The summed E-state index contributed by atoms with van der Waals surface area (Å²) in [6.45, 7) is 0. The molecule has 0 unspecified atom stereocenters. The SMILES string of the molecule is Cn1c(C(=O)NS(=O)(=O)CCc2ccccc2F)cc2ccsc21. The lowest BCUT2D eigenvalue weighted by molar-refractivity contribution is 0.0974. The molecule has 0 bridgehead atoms. The molecule has 2 heterocycles. The van der Waals surface area contributed by atoms with Gasteiger partial charge in [-0.25, -0.2) is 17.5 Å². The average Bonchev–Trinajstić information content (AvgIpc) is 3.09. The number of aryl methyl sites for hydroxylation is 2. The largest absolute Gasteiger partial charge is 0.331 e. The number of nitrogens with zero attached hydrogens (tertiary/aromatic N) is 1. The first-order valence-corrected chi connectivity index (χ1v) is 9.72. The Hall–Kier alpha value is -2.19. The minimum atomic E-state index is -3.86. The fraction of sp³-hybridized carbons (Fsp3) is 0.188. The van der Waals surface area contributed by atoms with Gasteiger partial charge in [0.1, 0.15) is 16.3 Å². The van der Waals surface area contributed by atoms with Crippen LogP contribution < -0.4 is 4.72 Å². The van der Waals surface area contributed by atoms with Crippen molar-refractivity contribution in [1.29, 1.82) is 0 Å². The van der Waals surface area contributed by atoms with E-state index in [0.717, 1.165) is 10.2 Å². The molecule has 1 aromatic carbocycles. The molecule has 0 spiro atoms. The van der Waals surface area contributed by atoms with Gasteiger partial charge >= 0.3 is 0 Å². The van der Waals surface area contributed by atoms with E-state index in [4.69, 9.17) is 0 Å². The first-order valence-electron chi connectivity index (χ1n) is 7.18. The maximum Gasteiger partial charge on any atom is 0.281 e. The number of halogens is 1. The monoisotopic (exact) mass is 366 g/mol. The van der Waals surface area contributed by atoms with Crippen LogP contribution in [0.1, 0.15) is 16.1 Å². The summed E-state index contributed by atoms with van der Waals surface area (Å²) < 4.78 is 41.5. The van der Waals surface area contributed by atoms with Gasteiger partial charge in [0.15, 0.2) is 0 Å². The van der Waals surface area contributed by atoms with Gasteiger partial charge in [0, 0.05) is 12.4 Å². The Labute approximate surface area is 142 Å². The molecule has 24 heavy (non-hydrogen) atoms. The van der Waals surface area contributed by atoms with E-state index in [2.05, 4.69) is 0 Å². The van der Waals surface area contributed by atoms with Crippen LogP contribution in [0.25, 0.3) is 10.2 Å². The van der Waals surface area contributed by atoms with Gasteiger partial charge in [-0.2, -0.15) is 0 Å². The molecule has 0 atom stereocenters. The second-order valence-electron chi connectivity index (χ2n) is 5.36. The summed E-state index contributed by atoms with van der Waals surface area (Å²) in [4.78, 5) is 13.1. The lowest BCUT2D eigenvalue weighted by Gasteiger charge is -2.08. The minimum Gasteiger partial charge on any atom is -0.331 e. The Bertz CT molecular complexity index is 1010. The predicted octanol–water partition coefficient (Wildman–Crippen LogP) is 2.68. The molecule has 5 nitrogen and oxygen atoms in total. The van der Waals surface area contributed by atoms with Gasteiger partial charge < -0.3 is 4.57 Å². The number of hydrogen-bond donors (Lipinski definition) is 1. The number of aromatic nitrogens is 1. The zero-order valence-corrected chi connectivity index (χ0v) is 14.5. The van der Waals surface area contributed by atoms with Crippen molar-refractivity contribution < 1.29 is 17.6 Å². The molecule has 1 N–H and O–H groups in total. The van der Waals surface area contributed by atoms with Crippen molar-refractivity contribution in [1.82, 2.24) is 9.29 Å². The zero-order chi connectivity index (χ0) is 17.3. The second-order valence-corrected chi connectivity index (χ2v) is 8.10. The summed E-state index contributed by atoms with van der Waals surface area (Å²) in [5.41, 5.74) is 0.570. The van der Waals surface area contributed by atoms with Crippen molar-refractivity contribution in [2.24, 2.45) is 7.05 Å². The van der Waals surface area contributed by atoms with Gasteiger partial charge in [-0.1, -0.05) is 18.2 Å². The Morgan fingerprint density at radius 2 is 2.04 bits per heavy atom. The second kappa shape index (κ2) is 6.37. The van der Waals surface area contributed by atoms with E-state index in [1.807, 2.05) is 16.2 Å². The molecule has 0 saturated heterocycles. The molecule has 126 valence electrons. The highest BCUT2D eigenvalue weighted by molar-refractivity contribution is 7.90. The van der Waals surface area contributed by atoms with E-state index in [9.17, 15) is 17.6 Å². The molecule has 3 rings (SSSR count). The van der Waals surface area contributed by atoms with Gasteiger partial charge in [-0.3, -0.25) is 4.79 Å². The maximum absolute atomic E-state index is 13.5. The molecule has 0 aliphatic rings. The number of amides is 1. The Balaban J connectivity index is 1.72. The number of carbonyl (C=O) groups is 1. The van der Waals surface area contributed by atoms with E-state index in [1.54, 1.807) is 23.7 Å². The first-order chi connectivity index (χ1) is 11.4. The molecule has 0 aliphatic carbocycles. The summed E-state index contributed by atoms with van der Waals surface area (Å²) in [6.07, 6.45) is -0.00247. The summed E-state index contributed by atoms with van der Waals surface area (Å²) in [7, 11) is -2.15.